The van der Waals surface area contributed by atoms with E-state index in [1.165, 1.54) is 11.1 Å². The van der Waals surface area contributed by atoms with E-state index in [1.54, 1.807) is 7.11 Å². The van der Waals surface area contributed by atoms with Gasteiger partial charge < -0.3 is 9.64 Å². The summed E-state index contributed by atoms with van der Waals surface area (Å²) in [4.78, 5) is 2.25. The Balaban J connectivity index is 2.14. The van der Waals surface area contributed by atoms with Gasteiger partial charge >= 0.3 is 0 Å². The summed E-state index contributed by atoms with van der Waals surface area (Å²) in [6.45, 7) is 6.27. The first kappa shape index (κ1) is 16.1. The maximum absolute atomic E-state index is 5.52. The first-order valence-corrected chi connectivity index (χ1v) is 8.16. The van der Waals surface area contributed by atoms with Crippen LogP contribution in [0.4, 0.5) is 17.1 Å². The number of benzene rings is 3. The van der Waals surface area contributed by atoms with Crippen molar-refractivity contribution in [2.75, 3.05) is 12.0 Å². The van der Waals surface area contributed by atoms with Crippen molar-refractivity contribution < 1.29 is 4.74 Å². The average Bonchev–Trinajstić information content (AvgIpc) is 2.60. The standard InChI is InChI=1S/C22H23NO/c1-16-5-10-19(11-6-16)23(20-12-7-17(2)8-13-20)21-14-9-18(3)22(15-21)24-4/h5-15H,1-4H3. The quantitative estimate of drug-likeness (QED) is 0.577. The zero-order valence-electron chi connectivity index (χ0n) is 14.7. The Labute approximate surface area is 144 Å². The number of methoxy groups -OCH3 is 1. The molecule has 3 aromatic rings. The van der Waals surface area contributed by atoms with E-state index in [2.05, 4.69) is 92.4 Å². The van der Waals surface area contributed by atoms with Gasteiger partial charge in [-0.05, 0) is 56.7 Å². The number of ether oxygens (including phenoxy) is 1. The van der Waals surface area contributed by atoms with Gasteiger partial charge in [0.25, 0.3) is 0 Å². The van der Waals surface area contributed by atoms with Crippen LogP contribution in [0.15, 0.2) is 66.7 Å². The smallest absolute Gasteiger partial charge is 0.123 e. The summed E-state index contributed by atoms with van der Waals surface area (Å²) in [6, 6.07) is 23.5. The zero-order valence-corrected chi connectivity index (χ0v) is 14.7. The lowest BCUT2D eigenvalue weighted by atomic mass is 10.1. The third kappa shape index (κ3) is 3.28. The fourth-order valence-electron chi connectivity index (χ4n) is 2.78. The summed E-state index contributed by atoms with van der Waals surface area (Å²) in [6.07, 6.45) is 0. The van der Waals surface area contributed by atoms with E-state index in [0.29, 0.717) is 0 Å². The van der Waals surface area contributed by atoms with Gasteiger partial charge in [-0.25, -0.2) is 0 Å². The molecule has 0 aliphatic rings. The molecule has 0 bridgehead atoms. The molecule has 0 aliphatic carbocycles. The minimum Gasteiger partial charge on any atom is -0.496 e. The summed E-state index contributed by atoms with van der Waals surface area (Å²) < 4.78 is 5.52. The van der Waals surface area contributed by atoms with Crippen LogP contribution in [0.5, 0.6) is 5.75 Å². The molecule has 0 radical (unpaired) electrons. The molecule has 2 nitrogen and oxygen atoms in total. The highest BCUT2D eigenvalue weighted by atomic mass is 16.5. The summed E-state index contributed by atoms with van der Waals surface area (Å²) in [7, 11) is 1.72. The van der Waals surface area contributed by atoms with Crippen molar-refractivity contribution in [1.82, 2.24) is 0 Å². The van der Waals surface area contributed by atoms with Crippen LogP contribution in [0.3, 0.4) is 0 Å². The van der Waals surface area contributed by atoms with Crippen molar-refractivity contribution in [2.24, 2.45) is 0 Å². The third-order valence-electron chi connectivity index (χ3n) is 4.23. The maximum atomic E-state index is 5.52. The molecule has 122 valence electrons. The summed E-state index contributed by atoms with van der Waals surface area (Å²) in [5.74, 6) is 0.900. The average molecular weight is 317 g/mol. The van der Waals surface area contributed by atoms with Gasteiger partial charge in [0.05, 0.1) is 7.11 Å². The zero-order chi connectivity index (χ0) is 17.1. The lowest BCUT2D eigenvalue weighted by Crippen LogP contribution is -2.10. The largest absolute Gasteiger partial charge is 0.496 e. The van der Waals surface area contributed by atoms with Crippen LogP contribution in [0, 0.1) is 20.8 Å². The van der Waals surface area contributed by atoms with Crippen LogP contribution in [0.2, 0.25) is 0 Å². The van der Waals surface area contributed by atoms with Crippen LogP contribution in [0.25, 0.3) is 0 Å². The Morgan fingerprint density at radius 3 is 1.54 bits per heavy atom. The fraction of sp³-hybridized carbons (Fsp3) is 0.182. The van der Waals surface area contributed by atoms with Gasteiger partial charge in [-0.15, -0.1) is 0 Å². The van der Waals surface area contributed by atoms with Crippen LogP contribution >= 0.6 is 0 Å². The van der Waals surface area contributed by atoms with Gasteiger partial charge in [0.2, 0.25) is 0 Å². The van der Waals surface area contributed by atoms with Crippen molar-refractivity contribution in [3.8, 4) is 5.75 Å². The molecule has 3 aromatic carbocycles. The highest BCUT2D eigenvalue weighted by molar-refractivity contribution is 5.77. The van der Waals surface area contributed by atoms with Crippen molar-refractivity contribution in [3.05, 3.63) is 83.4 Å². The van der Waals surface area contributed by atoms with Gasteiger partial charge in [-0.3, -0.25) is 0 Å². The van der Waals surface area contributed by atoms with Gasteiger partial charge in [0, 0.05) is 23.1 Å². The highest BCUT2D eigenvalue weighted by Crippen LogP contribution is 2.37. The molecule has 0 saturated carbocycles. The van der Waals surface area contributed by atoms with Gasteiger partial charge in [0.1, 0.15) is 5.75 Å². The molecule has 0 aromatic heterocycles. The molecular formula is C22H23NO. The molecule has 0 atom stereocenters. The number of nitrogens with zero attached hydrogens (tertiary/aromatic N) is 1. The van der Waals surface area contributed by atoms with E-state index >= 15 is 0 Å². The molecule has 0 fully saturated rings. The second-order valence-electron chi connectivity index (χ2n) is 6.16. The van der Waals surface area contributed by atoms with Crippen molar-refractivity contribution in [1.29, 1.82) is 0 Å². The minimum atomic E-state index is 0.900. The summed E-state index contributed by atoms with van der Waals surface area (Å²) in [5.41, 5.74) is 7.00. The number of hydrogen-bond donors (Lipinski definition) is 0. The molecule has 24 heavy (non-hydrogen) atoms. The molecule has 0 N–H and O–H groups in total. The Hall–Kier alpha value is -2.74. The Morgan fingerprint density at radius 2 is 1.08 bits per heavy atom. The molecule has 0 unspecified atom stereocenters. The van der Waals surface area contributed by atoms with Crippen LogP contribution < -0.4 is 9.64 Å². The molecule has 0 aliphatic heterocycles. The second-order valence-corrected chi connectivity index (χ2v) is 6.16. The number of rotatable bonds is 4. The SMILES string of the molecule is COc1cc(N(c2ccc(C)cc2)c2ccc(C)cc2)ccc1C. The topological polar surface area (TPSA) is 12.5 Å². The van der Waals surface area contributed by atoms with Gasteiger partial charge in [-0.1, -0.05) is 41.5 Å². The van der Waals surface area contributed by atoms with E-state index in [4.69, 9.17) is 4.74 Å². The van der Waals surface area contributed by atoms with E-state index in [9.17, 15) is 0 Å². The number of hydrogen-bond acceptors (Lipinski definition) is 2. The lowest BCUT2D eigenvalue weighted by Gasteiger charge is -2.26. The van der Waals surface area contributed by atoms with E-state index < -0.39 is 0 Å². The Morgan fingerprint density at radius 1 is 0.625 bits per heavy atom. The van der Waals surface area contributed by atoms with E-state index in [1.807, 2.05) is 0 Å². The summed E-state index contributed by atoms with van der Waals surface area (Å²) >= 11 is 0. The number of anilines is 3. The summed E-state index contributed by atoms with van der Waals surface area (Å²) in [5, 5.41) is 0. The molecule has 0 spiro atoms. The lowest BCUT2D eigenvalue weighted by molar-refractivity contribution is 0.412. The molecular weight excluding hydrogens is 294 g/mol. The minimum absolute atomic E-state index is 0.900. The van der Waals surface area contributed by atoms with Gasteiger partial charge in [-0.2, -0.15) is 0 Å². The Bertz CT molecular complexity index is 774. The second kappa shape index (κ2) is 6.79. The molecule has 0 heterocycles. The van der Waals surface area contributed by atoms with E-state index in [-0.39, 0.29) is 0 Å². The highest BCUT2D eigenvalue weighted by Gasteiger charge is 2.13. The molecule has 0 amide bonds. The number of aryl methyl sites for hydroxylation is 3. The molecule has 2 heteroatoms. The maximum Gasteiger partial charge on any atom is 0.123 e. The molecule has 3 rings (SSSR count). The first-order chi connectivity index (χ1) is 11.6. The van der Waals surface area contributed by atoms with Gasteiger partial charge in [0.15, 0.2) is 0 Å². The van der Waals surface area contributed by atoms with Crippen molar-refractivity contribution in [3.63, 3.8) is 0 Å². The molecule has 0 saturated heterocycles. The first-order valence-electron chi connectivity index (χ1n) is 8.16. The monoisotopic (exact) mass is 317 g/mol. The Kier molecular flexibility index (Phi) is 4.57. The fourth-order valence-corrected chi connectivity index (χ4v) is 2.78. The van der Waals surface area contributed by atoms with Crippen LogP contribution in [0.1, 0.15) is 16.7 Å². The van der Waals surface area contributed by atoms with E-state index in [0.717, 1.165) is 28.4 Å². The van der Waals surface area contributed by atoms with Crippen LogP contribution in [-0.2, 0) is 0 Å². The van der Waals surface area contributed by atoms with Crippen molar-refractivity contribution >= 4 is 17.1 Å². The predicted octanol–water partition coefficient (Wildman–Crippen LogP) is 6.09. The third-order valence-corrected chi connectivity index (χ3v) is 4.23. The normalized spacial score (nSPS) is 10.5. The predicted molar refractivity (Wildman–Crippen MR) is 102 cm³/mol. The van der Waals surface area contributed by atoms with Crippen molar-refractivity contribution in [2.45, 2.75) is 20.8 Å². The van der Waals surface area contributed by atoms with Crippen LogP contribution in [-0.4, -0.2) is 7.11 Å².